The Morgan fingerprint density at radius 2 is 2.12 bits per heavy atom. The molecule has 0 aliphatic carbocycles. The number of nitrogens with one attached hydrogen (secondary N) is 2. The van der Waals surface area contributed by atoms with E-state index in [-0.39, 0.29) is 13.1 Å². The van der Waals surface area contributed by atoms with Crippen LogP contribution < -0.4 is 11.2 Å². The molecule has 1 aliphatic heterocycles. The Hall–Kier alpha value is -1.45. The van der Waals surface area contributed by atoms with Crippen molar-refractivity contribution in [2.75, 3.05) is 13.1 Å². The number of hydrogen-bond donors (Lipinski definition) is 3. The second-order valence-corrected chi connectivity index (χ2v) is 5.65. The number of β-amino-alcohol motifs (C(OH)–C–C–N with tert-alkyl or cyclic N) is 1. The maximum Gasteiger partial charge on any atom is 0.325 e. The van der Waals surface area contributed by atoms with Crippen LogP contribution in [-0.2, 0) is 10.0 Å². The summed E-state index contributed by atoms with van der Waals surface area (Å²) in [6.07, 6.45) is 0.480. The maximum atomic E-state index is 12.0. The molecule has 0 unspecified atom stereocenters. The van der Waals surface area contributed by atoms with Crippen LogP contribution in [-0.4, -0.2) is 47.0 Å². The fourth-order valence-electron chi connectivity index (χ4n) is 1.66. The van der Waals surface area contributed by atoms with E-state index in [0.29, 0.717) is 6.42 Å². The van der Waals surface area contributed by atoms with Crippen molar-refractivity contribution >= 4 is 10.0 Å². The molecule has 0 aromatic carbocycles. The Morgan fingerprint density at radius 3 is 2.65 bits per heavy atom. The lowest BCUT2D eigenvalue weighted by Gasteiger charge is -2.14. The lowest BCUT2D eigenvalue weighted by atomic mass is 10.3. The van der Waals surface area contributed by atoms with Gasteiger partial charge in [0.15, 0.2) is 4.90 Å². The smallest absolute Gasteiger partial charge is 0.325 e. The third-order valence-electron chi connectivity index (χ3n) is 2.53. The van der Waals surface area contributed by atoms with Gasteiger partial charge in [-0.05, 0) is 6.42 Å². The molecule has 0 amide bonds. The molecule has 0 bridgehead atoms. The summed E-state index contributed by atoms with van der Waals surface area (Å²) in [7, 11) is -3.96. The van der Waals surface area contributed by atoms with Crippen molar-refractivity contribution < 1.29 is 13.5 Å². The number of aliphatic hydroxyl groups excluding tert-OH is 1. The molecule has 2 heterocycles. The number of nitrogens with zero attached hydrogens (tertiary/aromatic N) is 1. The molecule has 0 saturated carbocycles. The van der Waals surface area contributed by atoms with Gasteiger partial charge >= 0.3 is 5.69 Å². The zero-order valence-electron chi connectivity index (χ0n) is 8.71. The second-order valence-electron chi connectivity index (χ2n) is 3.74. The normalized spacial score (nSPS) is 21.8. The first kappa shape index (κ1) is 12.0. The minimum Gasteiger partial charge on any atom is -0.392 e. The van der Waals surface area contributed by atoms with Crippen molar-refractivity contribution in [3.8, 4) is 0 Å². The maximum absolute atomic E-state index is 12.0. The van der Waals surface area contributed by atoms with Gasteiger partial charge in [-0.2, -0.15) is 4.31 Å². The van der Waals surface area contributed by atoms with E-state index in [1.807, 2.05) is 4.98 Å². The minimum absolute atomic E-state index is 0.0408. The zero-order chi connectivity index (χ0) is 12.6. The molecular weight excluding hydrogens is 250 g/mol. The number of H-pyrrole nitrogens is 2. The Morgan fingerprint density at radius 1 is 1.41 bits per heavy atom. The van der Waals surface area contributed by atoms with Crippen LogP contribution in [0.15, 0.2) is 20.7 Å². The average Bonchev–Trinajstić information content (AvgIpc) is 2.64. The van der Waals surface area contributed by atoms with Gasteiger partial charge in [0.2, 0.25) is 10.0 Å². The van der Waals surface area contributed by atoms with E-state index in [1.165, 1.54) is 0 Å². The third kappa shape index (κ3) is 2.16. The molecule has 9 heteroatoms. The Balaban J connectivity index is 2.45. The second kappa shape index (κ2) is 4.09. The molecule has 1 aromatic rings. The Labute approximate surface area is 96.0 Å². The summed E-state index contributed by atoms with van der Waals surface area (Å²) in [5.74, 6) is 0. The fraction of sp³-hybridized carbons (Fsp3) is 0.500. The molecular formula is C8H11N3O5S. The van der Waals surface area contributed by atoms with Gasteiger partial charge < -0.3 is 10.1 Å². The fourth-order valence-corrected chi connectivity index (χ4v) is 3.14. The predicted molar refractivity (Wildman–Crippen MR) is 57.1 cm³/mol. The van der Waals surface area contributed by atoms with Crippen LogP contribution in [0.3, 0.4) is 0 Å². The van der Waals surface area contributed by atoms with Crippen LogP contribution in [0.4, 0.5) is 0 Å². The first-order valence-corrected chi connectivity index (χ1v) is 6.35. The van der Waals surface area contributed by atoms with Gasteiger partial charge in [-0.15, -0.1) is 0 Å². The molecule has 1 saturated heterocycles. The number of aromatic nitrogens is 2. The molecule has 1 atom stereocenters. The molecule has 1 aliphatic rings. The molecule has 0 spiro atoms. The van der Waals surface area contributed by atoms with Crippen molar-refractivity contribution in [2.45, 2.75) is 17.4 Å². The Kier molecular flexibility index (Phi) is 2.89. The molecule has 8 nitrogen and oxygen atoms in total. The van der Waals surface area contributed by atoms with Crippen LogP contribution in [0.1, 0.15) is 6.42 Å². The van der Waals surface area contributed by atoms with Gasteiger partial charge in [-0.1, -0.05) is 0 Å². The third-order valence-corrected chi connectivity index (χ3v) is 4.40. The van der Waals surface area contributed by atoms with Crippen molar-refractivity contribution in [3.63, 3.8) is 0 Å². The summed E-state index contributed by atoms with van der Waals surface area (Å²) < 4.78 is 25.0. The molecule has 1 aromatic heterocycles. The van der Waals surface area contributed by atoms with Gasteiger partial charge in [-0.3, -0.25) is 9.78 Å². The van der Waals surface area contributed by atoms with Gasteiger partial charge in [0.05, 0.1) is 6.10 Å². The minimum atomic E-state index is -3.96. The van der Waals surface area contributed by atoms with Gasteiger partial charge in [0.1, 0.15) is 0 Å². The lowest BCUT2D eigenvalue weighted by Crippen LogP contribution is -2.35. The Bertz CT molecular complexity index is 631. The van der Waals surface area contributed by atoms with E-state index in [4.69, 9.17) is 0 Å². The van der Waals surface area contributed by atoms with E-state index in [2.05, 4.69) is 4.98 Å². The molecule has 0 radical (unpaired) electrons. The molecule has 2 rings (SSSR count). The average molecular weight is 261 g/mol. The number of sulfonamides is 1. The first-order chi connectivity index (χ1) is 7.91. The van der Waals surface area contributed by atoms with Crippen molar-refractivity contribution in [1.29, 1.82) is 0 Å². The van der Waals surface area contributed by atoms with Crippen LogP contribution in [0.25, 0.3) is 0 Å². The van der Waals surface area contributed by atoms with Crippen molar-refractivity contribution in [3.05, 3.63) is 27.0 Å². The van der Waals surface area contributed by atoms with Crippen LogP contribution in [0.5, 0.6) is 0 Å². The van der Waals surface area contributed by atoms with Gasteiger partial charge in [-0.25, -0.2) is 13.2 Å². The highest BCUT2D eigenvalue weighted by atomic mass is 32.2. The summed E-state index contributed by atoms with van der Waals surface area (Å²) in [6, 6.07) is 0. The lowest BCUT2D eigenvalue weighted by molar-refractivity contribution is 0.189. The van der Waals surface area contributed by atoms with Crippen LogP contribution >= 0.6 is 0 Å². The summed E-state index contributed by atoms with van der Waals surface area (Å²) in [5, 5.41) is 9.27. The topological polar surface area (TPSA) is 123 Å². The van der Waals surface area contributed by atoms with Gasteiger partial charge in [0, 0.05) is 19.3 Å². The number of rotatable bonds is 2. The number of hydrogen-bond acceptors (Lipinski definition) is 5. The summed E-state index contributed by atoms with van der Waals surface area (Å²) in [6.45, 7) is 0.114. The van der Waals surface area contributed by atoms with Gasteiger partial charge in [0.25, 0.3) is 5.56 Å². The zero-order valence-corrected chi connectivity index (χ0v) is 9.53. The molecule has 94 valence electrons. The number of aliphatic hydroxyl groups is 1. The predicted octanol–water partition coefficient (Wildman–Crippen LogP) is -2.18. The first-order valence-electron chi connectivity index (χ1n) is 4.91. The summed E-state index contributed by atoms with van der Waals surface area (Å²) >= 11 is 0. The standard InChI is InChI=1S/C8H11N3O5S/c12-5-1-2-11(4-5)17(15,16)6-3-9-8(14)10-7(6)13/h3,5,12H,1-2,4H2,(H2,9,10,13,14)/t5-/m1/s1. The van der Waals surface area contributed by atoms with E-state index < -0.39 is 32.3 Å². The summed E-state index contributed by atoms with van der Waals surface area (Å²) in [5.41, 5.74) is -1.73. The van der Waals surface area contributed by atoms with E-state index in [1.54, 1.807) is 0 Å². The largest absolute Gasteiger partial charge is 0.392 e. The van der Waals surface area contributed by atoms with Crippen LogP contribution in [0, 0.1) is 0 Å². The van der Waals surface area contributed by atoms with E-state index in [9.17, 15) is 23.1 Å². The quantitative estimate of drug-likeness (QED) is 0.558. The molecule has 3 N–H and O–H groups in total. The van der Waals surface area contributed by atoms with Crippen molar-refractivity contribution in [2.24, 2.45) is 0 Å². The van der Waals surface area contributed by atoms with E-state index >= 15 is 0 Å². The number of aromatic amines is 2. The van der Waals surface area contributed by atoms with Crippen LogP contribution in [0.2, 0.25) is 0 Å². The highest BCUT2D eigenvalue weighted by molar-refractivity contribution is 7.89. The van der Waals surface area contributed by atoms with Crippen molar-refractivity contribution in [1.82, 2.24) is 14.3 Å². The molecule has 17 heavy (non-hydrogen) atoms. The highest BCUT2D eigenvalue weighted by Gasteiger charge is 2.33. The summed E-state index contributed by atoms with van der Waals surface area (Å²) in [4.78, 5) is 25.6. The highest BCUT2D eigenvalue weighted by Crippen LogP contribution is 2.17. The molecule has 1 fully saturated rings. The SMILES string of the molecule is O=c1[nH]cc(S(=O)(=O)N2CC[C@@H](O)C2)c(=O)[nH]1. The van der Waals surface area contributed by atoms with E-state index in [0.717, 1.165) is 10.5 Å². The monoisotopic (exact) mass is 261 g/mol.